The third-order valence-corrected chi connectivity index (χ3v) is 3.74. The average molecular weight is 292 g/mol. The second-order valence-electron chi connectivity index (χ2n) is 5.42. The van der Waals surface area contributed by atoms with Gasteiger partial charge in [-0.15, -0.1) is 0 Å². The first-order valence-electron chi connectivity index (χ1n) is 7.44. The molecule has 21 heavy (non-hydrogen) atoms. The predicted octanol–water partition coefficient (Wildman–Crippen LogP) is 0.947. The van der Waals surface area contributed by atoms with Crippen LogP contribution in [0, 0.1) is 0 Å². The minimum absolute atomic E-state index is 0.0418. The maximum absolute atomic E-state index is 11.5. The van der Waals surface area contributed by atoms with Crippen molar-refractivity contribution in [3.63, 3.8) is 0 Å². The Bertz CT molecular complexity index is 438. The number of aliphatic hydroxyl groups is 1. The van der Waals surface area contributed by atoms with E-state index in [0.717, 1.165) is 18.5 Å². The third-order valence-electron chi connectivity index (χ3n) is 3.74. The van der Waals surface area contributed by atoms with E-state index in [1.165, 1.54) is 0 Å². The van der Waals surface area contributed by atoms with Crippen LogP contribution in [-0.4, -0.2) is 55.4 Å². The fourth-order valence-electron chi connectivity index (χ4n) is 2.62. The number of β-amino-alcohol motifs (C(OH)–C–C–N with tert-alkyl or cyclic N) is 1. The van der Waals surface area contributed by atoms with Crippen molar-refractivity contribution in [3.05, 3.63) is 35.9 Å². The van der Waals surface area contributed by atoms with E-state index in [0.29, 0.717) is 26.1 Å². The number of hydrogen-bond acceptors (Lipinski definition) is 4. The minimum Gasteiger partial charge on any atom is -0.390 e. The van der Waals surface area contributed by atoms with Crippen LogP contribution in [0.5, 0.6) is 0 Å². The third kappa shape index (κ3) is 4.81. The Morgan fingerprint density at radius 1 is 1.38 bits per heavy atom. The molecule has 116 valence electrons. The van der Waals surface area contributed by atoms with E-state index in [1.54, 1.807) is 12.0 Å². The highest BCUT2D eigenvalue weighted by Crippen LogP contribution is 2.13. The van der Waals surface area contributed by atoms with Crippen molar-refractivity contribution in [2.75, 3.05) is 33.4 Å². The van der Waals surface area contributed by atoms with Gasteiger partial charge in [0.15, 0.2) is 0 Å². The highest BCUT2D eigenvalue weighted by atomic mass is 16.5. The maximum atomic E-state index is 11.5. The van der Waals surface area contributed by atoms with E-state index < -0.39 is 6.10 Å². The van der Waals surface area contributed by atoms with Crippen LogP contribution in [0.25, 0.3) is 0 Å². The van der Waals surface area contributed by atoms with Gasteiger partial charge in [-0.05, 0) is 12.0 Å². The van der Waals surface area contributed by atoms with Crippen molar-refractivity contribution in [2.24, 2.45) is 0 Å². The van der Waals surface area contributed by atoms with Gasteiger partial charge in [0.1, 0.15) is 0 Å². The summed E-state index contributed by atoms with van der Waals surface area (Å²) in [5.74, 6) is 0.144. The van der Waals surface area contributed by atoms with Gasteiger partial charge in [-0.25, -0.2) is 0 Å². The molecule has 0 aliphatic carbocycles. The molecule has 1 aromatic carbocycles. The number of amides is 1. The van der Waals surface area contributed by atoms with Crippen LogP contribution >= 0.6 is 0 Å². The second kappa shape index (κ2) is 8.12. The Morgan fingerprint density at radius 2 is 2.14 bits per heavy atom. The summed E-state index contributed by atoms with van der Waals surface area (Å²) in [4.78, 5) is 13.3. The first-order valence-corrected chi connectivity index (χ1v) is 7.44. The maximum Gasteiger partial charge on any atom is 0.222 e. The minimum atomic E-state index is -0.560. The number of carbonyl (C=O) groups is 1. The molecule has 1 aliphatic heterocycles. The summed E-state index contributed by atoms with van der Waals surface area (Å²) in [5, 5.41) is 13.4. The number of aliphatic hydroxyl groups excluding tert-OH is 1. The van der Waals surface area contributed by atoms with E-state index in [4.69, 9.17) is 4.74 Å². The van der Waals surface area contributed by atoms with Crippen molar-refractivity contribution < 1.29 is 14.6 Å². The van der Waals surface area contributed by atoms with Gasteiger partial charge in [-0.1, -0.05) is 30.3 Å². The van der Waals surface area contributed by atoms with Crippen molar-refractivity contribution in [2.45, 2.75) is 25.0 Å². The lowest BCUT2D eigenvalue weighted by molar-refractivity contribution is -0.128. The summed E-state index contributed by atoms with van der Waals surface area (Å²) in [6.07, 6.45) is 0.946. The summed E-state index contributed by atoms with van der Waals surface area (Å²) in [7, 11) is 1.66. The number of benzene rings is 1. The molecule has 0 bridgehead atoms. The highest BCUT2D eigenvalue weighted by molar-refractivity contribution is 5.78. The molecule has 1 saturated heterocycles. The van der Waals surface area contributed by atoms with Gasteiger partial charge < -0.3 is 20.1 Å². The molecule has 5 heteroatoms. The van der Waals surface area contributed by atoms with Gasteiger partial charge in [0, 0.05) is 33.2 Å². The van der Waals surface area contributed by atoms with Crippen LogP contribution in [0.2, 0.25) is 0 Å². The predicted molar refractivity (Wildman–Crippen MR) is 80.9 cm³/mol. The molecule has 0 aromatic heterocycles. The molecule has 5 nitrogen and oxygen atoms in total. The first kappa shape index (κ1) is 15.9. The second-order valence-corrected chi connectivity index (χ2v) is 5.42. The smallest absolute Gasteiger partial charge is 0.222 e. The van der Waals surface area contributed by atoms with Crippen LogP contribution in [0.3, 0.4) is 0 Å². The molecule has 0 radical (unpaired) electrons. The van der Waals surface area contributed by atoms with E-state index >= 15 is 0 Å². The number of rotatable bonds is 8. The van der Waals surface area contributed by atoms with Gasteiger partial charge in [0.2, 0.25) is 5.91 Å². The Balaban J connectivity index is 1.82. The van der Waals surface area contributed by atoms with Gasteiger partial charge in [0.25, 0.3) is 0 Å². The zero-order valence-electron chi connectivity index (χ0n) is 12.5. The normalized spacial score (nSPS) is 18.0. The molecule has 1 fully saturated rings. The molecule has 1 aromatic rings. The molecule has 2 rings (SSSR count). The van der Waals surface area contributed by atoms with Gasteiger partial charge >= 0.3 is 0 Å². The number of ether oxygens (including phenoxy) is 1. The quantitative estimate of drug-likeness (QED) is 0.749. The van der Waals surface area contributed by atoms with Crippen LogP contribution in [0.1, 0.15) is 24.4 Å². The van der Waals surface area contributed by atoms with Crippen LogP contribution in [-0.2, 0) is 9.53 Å². The molecular weight excluding hydrogens is 268 g/mol. The van der Waals surface area contributed by atoms with E-state index in [1.807, 2.05) is 30.3 Å². The summed E-state index contributed by atoms with van der Waals surface area (Å²) < 4.78 is 5.23. The fraction of sp³-hybridized carbons (Fsp3) is 0.562. The van der Waals surface area contributed by atoms with Crippen LogP contribution in [0.4, 0.5) is 0 Å². The number of hydrogen-bond donors (Lipinski definition) is 2. The van der Waals surface area contributed by atoms with E-state index in [-0.39, 0.29) is 11.9 Å². The zero-order chi connectivity index (χ0) is 15.1. The summed E-state index contributed by atoms with van der Waals surface area (Å²) in [6, 6.07) is 10.1. The molecule has 0 saturated carbocycles. The standard InChI is InChI=1S/C16H24N2O3/c1-21-12-15(13-6-3-2-4-7-13)17-10-14(19)11-18-9-5-8-16(18)20/h2-4,6-7,14-15,17,19H,5,8-12H2,1H3. The zero-order valence-corrected chi connectivity index (χ0v) is 12.5. The number of carbonyl (C=O) groups excluding carboxylic acids is 1. The number of methoxy groups -OCH3 is 1. The van der Waals surface area contributed by atoms with Crippen LogP contribution < -0.4 is 5.32 Å². The Hall–Kier alpha value is -1.43. The van der Waals surface area contributed by atoms with Crippen molar-refractivity contribution in [1.82, 2.24) is 10.2 Å². The Labute approximate surface area is 125 Å². The van der Waals surface area contributed by atoms with Gasteiger partial charge in [-0.2, -0.15) is 0 Å². The molecule has 1 aliphatic rings. The number of likely N-dealkylation sites (tertiary alicyclic amines) is 1. The Morgan fingerprint density at radius 3 is 2.76 bits per heavy atom. The molecule has 2 atom stereocenters. The van der Waals surface area contributed by atoms with E-state index in [2.05, 4.69) is 5.32 Å². The monoisotopic (exact) mass is 292 g/mol. The average Bonchev–Trinajstić information content (AvgIpc) is 2.89. The van der Waals surface area contributed by atoms with Gasteiger partial charge in [-0.3, -0.25) is 4.79 Å². The molecule has 0 spiro atoms. The topological polar surface area (TPSA) is 61.8 Å². The first-order chi connectivity index (χ1) is 10.2. The van der Waals surface area contributed by atoms with Crippen LogP contribution in [0.15, 0.2) is 30.3 Å². The lowest BCUT2D eigenvalue weighted by atomic mass is 10.1. The number of nitrogens with one attached hydrogen (secondary N) is 1. The lowest BCUT2D eigenvalue weighted by Gasteiger charge is -2.23. The van der Waals surface area contributed by atoms with Crippen molar-refractivity contribution in [1.29, 1.82) is 0 Å². The molecule has 2 N–H and O–H groups in total. The van der Waals surface area contributed by atoms with Gasteiger partial charge in [0.05, 0.1) is 18.8 Å². The molecule has 2 unspecified atom stereocenters. The Kier molecular flexibility index (Phi) is 6.17. The molecule has 1 heterocycles. The summed E-state index contributed by atoms with van der Waals surface area (Å²) in [6.45, 7) is 2.14. The molecular formula is C16H24N2O3. The number of nitrogens with zero attached hydrogens (tertiary/aromatic N) is 1. The highest BCUT2D eigenvalue weighted by Gasteiger charge is 2.23. The summed E-state index contributed by atoms with van der Waals surface area (Å²) in [5.41, 5.74) is 1.13. The fourth-order valence-corrected chi connectivity index (χ4v) is 2.62. The van der Waals surface area contributed by atoms with Crippen molar-refractivity contribution in [3.8, 4) is 0 Å². The molecule has 1 amide bonds. The summed E-state index contributed by atoms with van der Waals surface area (Å²) >= 11 is 0. The largest absolute Gasteiger partial charge is 0.390 e. The van der Waals surface area contributed by atoms with E-state index in [9.17, 15) is 9.90 Å². The SMILES string of the molecule is COCC(NCC(O)CN1CCCC1=O)c1ccccc1. The van der Waals surface area contributed by atoms with Crippen molar-refractivity contribution >= 4 is 5.91 Å². The lowest BCUT2D eigenvalue weighted by Crippen LogP contribution is -2.40.